The Morgan fingerprint density at radius 3 is 2.33 bits per heavy atom. The number of nitrogens with one attached hydrogen (secondary N) is 1. The summed E-state index contributed by atoms with van der Waals surface area (Å²) in [6.45, 7) is 4.89. The Labute approximate surface area is 183 Å². The van der Waals surface area contributed by atoms with Gasteiger partial charge in [0.25, 0.3) is 0 Å². The summed E-state index contributed by atoms with van der Waals surface area (Å²) in [6.07, 6.45) is 14.0. The van der Waals surface area contributed by atoms with Gasteiger partial charge in [0.1, 0.15) is 6.17 Å². The zero-order chi connectivity index (χ0) is 21.1. The number of rotatable bonds is 6. The molecule has 1 N–H and O–H groups in total. The molecule has 0 aromatic carbocycles. The second kappa shape index (κ2) is 10.2. The lowest BCUT2D eigenvalue weighted by atomic mass is 9.71. The van der Waals surface area contributed by atoms with E-state index in [0.29, 0.717) is 12.8 Å². The number of sulfonamides is 1. The minimum atomic E-state index is -3.44. The van der Waals surface area contributed by atoms with Crippen LogP contribution in [-0.4, -0.2) is 50.4 Å². The monoisotopic (exact) mass is 442 g/mol. The Hall–Kier alpha value is -0.200. The molecule has 3 unspecified atom stereocenters. The van der Waals surface area contributed by atoms with Crippen molar-refractivity contribution in [2.75, 3.05) is 19.6 Å². The predicted octanol–water partition coefficient (Wildman–Crippen LogP) is 4.89. The van der Waals surface area contributed by atoms with Crippen LogP contribution in [0.15, 0.2) is 0 Å². The molecule has 1 heterocycles. The largest absolute Gasteiger partial charge is 0.301 e. The predicted molar refractivity (Wildman–Crippen MR) is 121 cm³/mol. The lowest BCUT2D eigenvalue weighted by Gasteiger charge is -2.37. The molecule has 4 atom stereocenters. The fraction of sp³-hybridized carbons (Fsp3) is 1.00. The molecule has 0 spiro atoms. The van der Waals surface area contributed by atoms with Crippen LogP contribution in [0, 0.1) is 23.7 Å². The topological polar surface area (TPSA) is 49.4 Å². The molecular formula is C24H43FN2O2S. The average Bonchev–Trinajstić information content (AvgIpc) is 3.17. The zero-order valence-corrected chi connectivity index (χ0v) is 19.7. The number of alkyl halides is 1. The van der Waals surface area contributed by atoms with Gasteiger partial charge >= 0.3 is 0 Å². The number of nitrogens with zero attached hydrogens (tertiary/aromatic N) is 1. The third kappa shape index (κ3) is 5.78. The minimum absolute atomic E-state index is 0.000709. The SMILES string of the molecule is CC1CCC(F)CC1S(=O)(=O)N[C@@H]1CCN(CC2CCC(C3CCCCC3)CC2)C1. The fourth-order valence-electron chi connectivity index (χ4n) is 6.89. The highest BCUT2D eigenvalue weighted by Gasteiger charge is 2.39. The highest BCUT2D eigenvalue weighted by atomic mass is 32.2. The van der Waals surface area contributed by atoms with Crippen molar-refractivity contribution in [3.05, 3.63) is 0 Å². The maximum Gasteiger partial charge on any atom is 0.215 e. The molecule has 3 saturated carbocycles. The van der Waals surface area contributed by atoms with Crippen molar-refractivity contribution in [1.29, 1.82) is 0 Å². The maximum absolute atomic E-state index is 13.8. The first kappa shape index (κ1) is 23.0. The molecule has 1 aliphatic heterocycles. The van der Waals surface area contributed by atoms with Crippen molar-refractivity contribution in [2.45, 2.75) is 108 Å². The molecule has 4 rings (SSSR count). The van der Waals surface area contributed by atoms with E-state index < -0.39 is 21.4 Å². The van der Waals surface area contributed by atoms with Gasteiger partial charge in [-0.1, -0.05) is 39.0 Å². The number of halogens is 1. The molecule has 174 valence electrons. The highest BCUT2D eigenvalue weighted by molar-refractivity contribution is 7.90. The second-order valence-electron chi connectivity index (χ2n) is 11.0. The molecule has 30 heavy (non-hydrogen) atoms. The molecule has 0 aromatic heterocycles. The quantitative estimate of drug-likeness (QED) is 0.637. The van der Waals surface area contributed by atoms with Gasteiger partial charge in [0.05, 0.1) is 5.25 Å². The van der Waals surface area contributed by atoms with Gasteiger partial charge < -0.3 is 4.90 Å². The Kier molecular flexibility index (Phi) is 7.78. The van der Waals surface area contributed by atoms with Gasteiger partial charge in [0.2, 0.25) is 10.0 Å². The van der Waals surface area contributed by atoms with Crippen molar-refractivity contribution >= 4 is 10.0 Å². The second-order valence-corrected chi connectivity index (χ2v) is 12.9. The van der Waals surface area contributed by atoms with E-state index in [1.807, 2.05) is 6.92 Å². The van der Waals surface area contributed by atoms with E-state index in [-0.39, 0.29) is 18.4 Å². The normalized spacial score (nSPS) is 39.9. The first-order valence-corrected chi connectivity index (χ1v) is 14.3. The van der Waals surface area contributed by atoms with Crippen molar-refractivity contribution in [3.8, 4) is 0 Å². The molecule has 4 aliphatic rings. The van der Waals surface area contributed by atoms with E-state index in [1.54, 1.807) is 0 Å². The molecule has 4 fully saturated rings. The Bertz CT molecular complexity index is 644. The van der Waals surface area contributed by atoms with Gasteiger partial charge in [-0.05, 0) is 81.6 Å². The fourth-order valence-corrected chi connectivity index (χ4v) is 8.93. The lowest BCUT2D eigenvalue weighted by molar-refractivity contribution is 0.145. The molecule has 6 heteroatoms. The number of likely N-dealkylation sites (tertiary alicyclic amines) is 1. The molecule has 0 bridgehead atoms. The van der Waals surface area contributed by atoms with Gasteiger partial charge in [0, 0.05) is 19.1 Å². The summed E-state index contributed by atoms with van der Waals surface area (Å²) < 4.78 is 42.5. The van der Waals surface area contributed by atoms with Crippen LogP contribution >= 0.6 is 0 Å². The summed E-state index contributed by atoms with van der Waals surface area (Å²) in [6, 6.07) is 0.000709. The summed E-state index contributed by atoms with van der Waals surface area (Å²) in [7, 11) is -3.44. The molecule has 0 radical (unpaired) electrons. The van der Waals surface area contributed by atoms with Gasteiger partial charge in [-0.2, -0.15) is 0 Å². The third-order valence-corrected chi connectivity index (χ3v) is 10.9. The van der Waals surface area contributed by atoms with Crippen molar-refractivity contribution in [2.24, 2.45) is 23.7 Å². The highest BCUT2D eigenvalue weighted by Crippen LogP contribution is 2.40. The summed E-state index contributed by atoms with van der Waals surface area (Å²) in [5.41, 5.74) is 0. The van der Waals surface area contributed by atoms with E-state index in [1.165, 1.54) is 57.8 Å². The van der Waals surface area contributed by atoms with Crippen LogP contribution in [0.4, 0.5) is 4.39 Å². The maximum atomic E-state index is 13.8. The van der Waals surface area contributed by atoms with Crippen LogP contribution in [0.3, 0.4) is 0 Å². The molecule has 1 saturated heterocycles. The standard InChI is InChI=1S/C24H43FN2O2S/c1-18-7-12-22(25)15-24(18)30(28,29)26-23-13-14-27(17-23)16-19-8-10-21(11-9-19)20-5-3-2-4-6-20/h18-24,26H,2-17H2,1H3/t18?,19?,21?,22?,23-,24?/m1/s1. The summed E-state index contributed by atoms with van der Waals surface area (Å²) in [5, 5.41) is -0.564. The van der Waals surface area contributed by atoms with Crippen LogP contribution in [0.1, 0.15) is 90.4 Å². The Morgan fingerprint density at radius 1 is 0.900 bits per heavy atom. The summed E-state index contributed by atoms with van der Waals surface area (Å²) >= 11 is 0. The Morgan fingerprint density at radius 2 is 1.60 bits per heavy atom. The van der Waals surface area contributed by atoms with E-state index in [2.05, 4.69) is 9.62 Å². The first-order valence-electron chi connectivity index (χ1n) is 12.8. The Balaban J connectivity index is 1.20. The molecule has 0 aromatic rings. The molecule has 3 aliphatic carbocycles. The van der Waals surface area contributed by atoms with Crippen LogP contribution in [0.25, 0.3) is 0 Å². The van der Waals surface area contributed by atoms with Crippen molar-refractivity contribution in [3.63, 3.8) is 0 Å². The van der Waals surface area contributed by atoms with Gasteiger partial charge in [-0.15, -0.1) is 0 Å². The van der Waals surface area contributed by atoms with E-state index in [9.17, 15) is 12.8 Å². The average molecular weight is 443 g/mol. The minimum Gasteiger partial charge on any atom is -0.301 e. The summed E-state index contributed by atoms with van der Waals surface area (Å²) in [5.74, 6) is 2.80. The van der Waals surface area contributed by atoms with Crippen LogP contribution in [-0.2, 0) is 10.0 Å². The number of hydrogen-bond acceptors (Lipinski definition) is 3. The van der Waals surface area contributed by atoms with Crippen molar-refractivity contribution in [1.82, 2.24) is 9.62 Å². The van der Waals surface area contributed by atoms with Crippen molar-refractivity contribution < 1.29 is 12.8 Å². The van der Waals surface area contributed by atoms with Gasteiger partial charge in [0.15, 0.2) is 0 Å². The van der Waals surface area contributed by atoms with E-state index in [0.717, 1.165) is 43.8 Å². The van der Waals surface area contributed by atoms with Crippen LogP contribution in [0.5, 0.6) is 0 Å². The van der Waals surface area contributed by atoms with Gasteiger partial charge in [-0.3, -0.25) is 0 Å². The number of hydrogen-bond donors (Lipinski definition) is 1. The lowest BCUT2D eigenvalue weighted by Crippen LogP contribution is -2.47. The van der Waals surface area contributed by atoms with Gasteiger partial charge in [-0.25, -0.2) is 17.5 Å². The molecular weight excluding hydrogens is 399 g/mol. The van der Waals surface area contributed by atoms with Crippen LogP contribution in [0.2, 0.25) is 0 Å². The molecule has 0 amide bonds. The smallest absolute Gasteiger partial charge is 0.215 e. The first-order chi connectivity index (χ1) is 14.4. The third-order valence-electron chi connectivity index (χ3n) is 8.78. The van der Waals surface area contributed by atoms with E-state index >= 15 is 0 Å². The summed E-state index contributed by atoms with van der Waals surface area (Å²) in [4.78, 5) is 2.47. The van der Waals surface area contributed by atoms with Crippen LogP contribution < -0.4 is 4.72 Å². The zero-order valence-electron chi connectivity index (χ0n) is 18.9. The molecule has 4 nitrogen and oxygen atoms in total. The van der Waals surface area contributed by atoms with E-state index in [4.69, 9.17) is 0 Å².